The van der Waals surface area contributed by atoms with Crippen molar-refractivity contribution in [2.75, 3.05) is 68.1 Å². The van der Waals surface area contributed by atoms with Gasteiger partial charge in [-0.25, -0.2) is 0 Å². The zero-order chi connectivity index (χ0) is 42.0. The van der Waals surface area contributed by atoms with E-state index in [1.54, 1.807) is 45.5 Å². The second-order valence-corrected chi connectivity index (χ2v) is 16.0. The average Bonchev–Trinajstić information content (AvgIpc) is 3.20. The maximum atomic E-state index is 12.4. The van der Waals surface area contributed by atoms with Gasteiger partial charge in [-0.3, -0.25) is 19.2 Å². The van der Waals surface area contributed by atoms with Crippen molar-refractivity contribution in [3.8, 4) is 0 Å². The summed E-state index contributed by atoms with van der Waals surface area (Å²) in [6, 6.07) is 21.4. The Bertz CT molecular complexity index is 1860. The van der Waals surface area contributed by atoms with Crippen LogP contribution in [-0.4, -0.2) is 92.3 Å². The maximum absolute atomic E-state index is 12.4. The van der Waals surface area contributed by atoms with Gasteiger partial charge in [0.25, 0.3) is 0 Å². The smallest absolute Gasteiger partial charge is 0.323 e. The number of likely N-dealkylation sites (N-methyl/N-ethyl adjacent to an activating group) is 2. The second kappa shape index (κ2) is 27.2. The van der Waals surface area contributed by atoms with Gasteiger partial charge in [0.2, 0.25) is 17.5 Å². The van der Waals surface area contributed by atoms with Crippen molar-refractivity contribution >= 4 is 74.9 Å². The highest BCUT2D eigenvalue weighted by Crippen LogP contribution is 2.19. The minimum Gasteiger partial charge on any atom is -0.480 e. The van der Waals surface area contributed by atoms with Gasteiger partial charge in [0, 0.05) is 99.8 Å². The molecule has 3 aromatic rings. The topological polar surface area (TPSA) is 155 Å². The number of hydrogen-bond acceptors (Lipinski definition) is 9. The van der Waals surface area contributed by atoms with E-state index in [1.165, 1.54) is 0 Å². The Morgan fingerprint density at radius 2 is 1.24 bits per heavy atom. The zero-order valence-corrected chi connectivity index (χ0v) is 35.3. The van der Waals surface area contributed by atoms with Gasteiger partial charge in [0.15, 0.2) is 6.20 Å². The first-order chi connectivity index (χ1) is 28.0. The fourth-order valence-corrected chi connectivity index (χ4v) is 7.32. The van der Waals surface area contributed by atoms with Crippen LogP contribution >= 0.6 is 21.6 Å². The first-order valence-corrected chi connectivity index (χ1v) is 21.8. The monoisotopic (exact) mass is 829 g/mol. The van der Waals surface area contributed by atoms with E-state index in [9.17, 15) is 19.2 Å². The van der Waals surface area contributed by atoms with E-state index in [0.717, 1.165) is 45.4 Å². The van der Waals surface area contributed by atoms with E-state index in [2.05, 4.69) is 20.5 Å². The standard InChI is InChI=1S/C44H56N6O6S2/c1-4-5-10-37(20-14-35-15-21-38(22-16-35)48(2)33-43(53)54)45-26-8-12-41(51)46-27-31-57-58-32-28-47-42(52)13-9-30-50-29-7-6-11-40(50)25-19-36-17-23-39(24-18-36)49(3)34-44(55)56/h4-7,10-11,14-25,29,45H,8-9,12-13,26-28,30-34H2,1-3H3,(H3-,46,47,51,52,53,54,55,56)/p+1/b5-4-,20-14+,37-10-. The molecule has 310 valence electrons. The van der Waals surface area contributed by atoms with E-state index in [0.29, 0.717) is 51.9 Å². The highest BCUT2D eigenvalue weighted by atomic mass is 33.1. The summed E-state index contributed by atoms with van der Waals surface area (Å²) >= 11 is 0. The van der Waals surface area contributed by atoms with Crippen molar-refractivity contribution in [1.29, 1.82) is 0 Å². The summed E-state index contributed by atoms with van der Waals surface area (Å²) in [5.74, 6) is -0.139. The summed E-state index contributed by atoms with van der Waals surface area (Å²) in [6.45, 7) is 4.36. The van der Waals surface area contributed by atoms with Gasteiger partial charge in [-0.05, 0) is 73.0 Å². The first kappa shape index (κ1) is 46.9. The van der Waals surface area contributed by atoms with Crippen LogP contribution in [0.4, 0.5) is 11.4 Å². The maximum Gasteiger partial charge on any atom is 0.323 e. The molecule has 2 amide bonds. The number of nitrogens with one attached hydrogen (secondary N) is 3. The summed E-state index contributed by atoms with van der Waals surface area (Å²) < 4.78 is 2.12. The lowest BCUT2D eigenvalue weighted by Crippen LogP contribution is -2.37. The normalized spacial score (nSPS) is 11.6. The number of allylic oxidation sites excluding steroid dienone is 4. The minimum absolute atomic E-state index is 0.0215. The second-order valence-electron chi connectivity index (χ2n) is 13.3. The quantitative estimate of drug-likeness (QED) is 0.0261. The average molecular weight is 830 g/mol. The molecule has 0 bridgehead atoms. The van der Waals surface area contributed by atoms with E-state index in [4.69, 9.17) is 10.2 Å². The van der Waals surface area contributed by atoms with Gasteiger partial charge in [-0.2, -0.15) is 4.57 Å². The number of benzene rings is 2. The molecule has 0 unspecified atom stereocenters. The molecular weight excluding hydrogens is 773 g/mol. The highest BCUT2D eigenvalue weighted by Gasteiger charge is 2.10. The number of rotatable bonds is 27. The number of amides is 2. The van der Waals surface area contributed by atoms with Crippen molar-refractivity contribution < 1.29 is 34.0 Å². The van der Waals surface area contributed by atoms with Gasteiger partial charge < -0.3 is 36.0 Å². The van der Waals surface area contributed by atoms with Crippen LogP contribution in [0, 0.1) is 0 Å². The number of carboxylic acids is 2. The van der Waals surface area contributed by atoms with E-state index in [-0.39, 0.29) is 24.9 Å². The predicted octanol–water partition coefficient (Wildman–Crippen LogP) is 6.12. The van der Waals surface area contributed by atoms with Crippen molar-refractivity contribution in [3.63, 3.8) is 0 Å². The number of nitrogens with zero attached hydrogens (tertiary/aromatic N) is 3. The Morgan fingerprint density at radius 3 is 1.79 bits per heavy atom. The molecule has 0 saturated heterocycles. The van der Waals surface area contributed by atoms with Crippen LogP contribution in [0.3, 0.4) is 0 Å². The van der Waals surface area contributed by atoms with Gasteiger partial charge in [0.1, 0.15) is 19.6 Å². The number of carbonyl (C=O) groups is 4. The van der Waals surface area contributed by atoms with E-state index in [1.807, 2.05) is 122 Å². The van der Waals surface area contributed by atoms with Crippen molar-refractivity contribution in [1.82, 2.24) is 16.0 Å². The molecule has 58 heavy (non-hydrogen) atoms. The summed E-state index contributed by atoms with van der Waals surface area (Å²) in [4.78, 5) is 50.1. The molecule has 0 radical (unpaired) electrons. The lowest BCUT2D eigenvalue weighted by atomic mass is 10.1. The fraction of sp³-hybridized carbons (Fsp3) is 0.341. The van der Waals surface area contributed by atoms with Gasteiger partial charge >= 0.3 is 11.9 Å². The largest absolute Gasteiger partial charge is 0.480 e. The fourth-order valence-electron chi connectivity index (χ4n) is 5.50. The van der Waals surface area contributed by atoms with Crippen molar-refractivity contribution in [3.05, 3.63) is 120 Å². The molecule has 0 atom stereocenters. The molecule has 5 N–H and O–H groups in total. The van der Waals surface area contributed by atoms with Crippen molar-refractivity contribution in [2.45, 2.75) is 39.2 Å². The molecule has 1 aromatic heterocycles. The molecule has 0 spiro atoms. The molecular formula is C44H57N6O6S2+. The number of aromatic nitrogens is 1. The number of aryl methyl sites for hydroxylation is 1. The Kier molecular flexibility index (Phi) is 22.0. The third kappa shape index (κ3) is 19.6. The molecule has 14 heteroatoms. The Hall–Kier alpha value is -5.47. The predicted molar refractivity (Wildman–Crippen MR) is 240 cm³/mol. The van der Waals surface area contributed by atoms with Crippen LogP contribution in [0.2, 0.25) is 0 Å². The van der Waals surface area contributed by atoms with E-state index < -0.39 is 11.9 Å². The van der Waals surface area contributed by atoms with Gasteiger partial charge in [-0.15, -0.1) is 0 Å². The third-order valence-electron chi connectivity index (χ3n) is 8.57. The Labute approximate surface area is 350 Å². The summed E-state index contributed by atoms with van der Waals surface area (Å²) in [7, 11) is 6.85. The molecule has 0 aliphatic carbocycles. The molecule has 0 fully saturated rings. The Morgan fingerprint density at radius 1 is 0.690 bits per heavy atom. The number of pyridine rings is 1. The molecule has 2 aromatic carbocycles. The van der Waals surface area contributed by atoms with Crippen LogP contribution in [0.1, 0.15) is 49.4 Å². The lowest BCUT2D eigenvalue weighted by molar-refractivity contribution is -0.698. The SMILES string of the molecule is C\C=C/C=C(/C=C/c1ccc(N(C)CC(=O)O)cc1)NCCCC(=O)NCCSSCCNC(=O)CCC[n+]1ccccc1/C=C/c1ccc(N(C)CC(=O)O)cc1. The third-order valence-corrected chi connectivity index (χ3v) is 11.0. The molecule has 0 aliphatic rings. The van der Waals surface area contributed by atoms with Crippen LogP contribution in [0.5, 0.6) is 0 Å². The highest BCUT2D eigenvalue weighted by molar-refractivity contribution is 8.76. The number of carbonyl (C=O) groups excluding carboxylic acids is 2. The number of hydrogen-bond donors (Lipinski definition) is 5. The zero-order valence-electron chi connectivity index (χ0n) is 33.6. The molecule has 1 heterocycles. The van der Waals surface area contributed by atoms with Crippen LogP contribution in [-0.2, 0) is 25.7 Å². The molecule has 3 rings (SSSR count). The summed E-state index contributed by atoms with van der Waals surface area (Å²) in [5.41, 5.74) is 5.60. The minimum atomic E-state index is -0.876. The molecule has 0 aliphatic heterocycles. The Balaban J connectivity index is 1.23. The van der Waals surface area contributed by atoms with E-state index >= 15 is 0 Å². The van der Waals surface area contributed by atoms with Crippen molar-refractivity contribution in [2.24, 2.45) is 0 Å². The summed E-state index contributed by atoms with van der Waals surface area (Å²) in [5, 5.41) is 27.4. The summed E-state index contributed by atoms with van der Waals surface area (Å²) in [6.07, 6.45) is 18.2. The number of anilines is 2. The van der Waals surface area contributed by atoms with Gasteiger partial charge in [0.05, 0.1) is 0 Å². The molecule has 12 nitrogen and oxygen atoms in total. The van der Waals surface area contributed by atoms with Gasteiger partial charge in [-0.1, -0.05) is 64.1 Å². The lowest BCUT2D eigenvalue weighted by Gasteiger charge is -2.16. The van der Waals surface area contributed by atoms with Crippen LogP contribution in [0.15, 0.2) is 103 Å². The van der Waals surface area contributed by atoms with Crippen LogP contribution < -0.4 is 30.3 Å². The number of aliphatic carboxylic acids is 2. The number of carboxylic acid groups (broad SMARTS) is 2. The molecule has 0 saturated carbocycles. The first-order valence-electron chi connectivity index (χ1n) is 19.3. The van der Waals surface area contributed by atoms with Crippen LogP contribution in [0.25, 0.3) is 18.2 Å².